The molecule has 5 rings (SSSR count). The zero-order chi connectivity index (χ0) is 23.8. The second-order valence-corrected chi connectivity index (χ2v) is 7.58. The smallest absolute Gasteiger partial charge is 0.266 e. The molecule has 3 heterocycles. The van der Waals surface area contributed by atoms with Crippen LogP contribution in [-0.4, -0.2) is 29.7 Å². The summed E-state index contributed by atoms with van der Waals surface area (Å²) in [5, 5.41) is 11.3. The van der Waals surface area contributed by atoms with Crippen LogP contribution in [-0.2, 0) is 0 Å². The molecule has 0 amide bonds. The number of aryl methyl sites for hydroxylation is 1. The lowest BCUT2D eigenvalue weighted by molar-refractivity contribution is 0.532. The molecule has 0 radical (unpaired) electrons. The van der Waals surface area contributed by atoms with E-state index in [0.717, 1.165) is 0 Å². The standard InChI is InChI=1S/C23H19FN8O2/c1-12(28-20-18(19(25)26-11-27-20)22-31-30-13(2)34-22)21-29-17-9-8-14(24)10-16(17)23(33)32(21)15-6-4-3-5-7-15/h3-12H,1-2H3,(H3,25,26,27,28)/t12-/m0/s1. The lowest BCUT2D eigenvalue weighted by Crippen LogP contribution is -2.27. The first-order valence-corrected chi connectivity index (χ1v) is 10.4. The highest BCUT2D eigenvalue weighted by Gasteiger charge is 2.23. The zero-order valence-electron chi connectivity index (χ0n) is 18.2. The molecule has 0 bridgehead atoms. The van der Waals surface area contributed by atoms with Gasteiger partial charge in [-0.3, -0.25) is 9.36 Å². The number of nitrogen functional groups attached to an aromatic ring is 1. The molecule has 1 atom stereocenters. The molecule has 34 heavy (non-hydrogen) atoms. The van der Waals surface area contributed by atoms with E-state index in [1.807, 2.05) is 13.0 Å². The Balaban J connectivity index is 1.67. The molecule has 11 heteroatoms. The summed E-state index contributed by atoms with van der Waals surface area (Å²) in [7, 11) is 0. The number of aromatic nitrogens is 6. The SMILES string of the molecule is Cc1nnc(-c2c(N)ncnc2N[C@@H](C)c2nc3ccc(F)cc3c(=O)n2-c2ccccc2)o1. The average molecular weight is 458 g/mol. The lowest BCUT2D eigenvalue weighted by Gasteiger charge is -2.21. The van der Waals surface area contributed by atoms with E-state index >= 15 is 0 Å². The van der Waals surface area contributed by atoms with Crippen molar-refractivity contribution >= 4 is 22.5 Å². The van der Waals surface area contributed by atoms with Crippen molar-refractivity contribution in [1.82, 2.24) is 29.7 Å². The normalized spacial score (nSPS) is 12.1. The monoisotopic (exact) mass is 458 g/mol. The van der Waals surface area contributed by atoms with E-state index in [4.69, 9.17) is 10.2 Å². The van der Waals surface area contributed by atoms with Crippen LogP contribution in [0.15, 0.2) is 64.1 Å². The quantitative estimate of drug-likeness (QED) is 0.406. The van der Waals surface area contributed by atoms with Gasteiger partial charge in [0.2, 0.25) is 5.89 Å². The Bertz CT molecular complexity index is 1570. The summed E-state index contributed by atoms with van der Waals surface area (Å²) in [6.45, 7) is 3.48. The van der Waals surface area contributed by atoms with Crippen LogP contribution < -0.4 is 16.6 Å². The zero-order valence-corrected chi connectivity index (χ0v) is 18.2. The summed E-state index contributed by atoms with van der Waals surface area (Å²) >= 11 is 0. The molecule has 0 spiro atoms. The molecule has 0 aliphatic rings. The van der Waals surface area contributed by atoms with Crippen molar-refractivity contribution in [3.05, 3.63) is 82.7 Å². The molecular formula is C23H19FN8O2. The largest absolute Gasteiger partial charge is 0.421 e. The number of rotatable bonds is 5. The van der Waals surface area contributed by atoms with Crippen molar-refractivity contribution in [2.75, 3.05) is 11.1 Å². The van der Waals surface area contributed by atoms with Gasteiger partial charge < -0.3 is 15.5 Å². The maximum absolute atomic E-state index is 13.9. The van der Waals surface area contributed by atoms with Gasteiger partial charge >= 0.3 is 0 Å². The fraction of sp³-hybridized carbons (Fsp3) is 0.130. The third-order valence-electron chi connectivity index (χ3n) is 5.23. The Hall–Kier alpha value is -4.67. The van der Waals surface area contributed by atoms with E-state index in [1.165, 1.54) is 29.1 Å². The van der Waals surface area contributed by atoms with Crippen molar-refractivity contribution in [3.8, 4) is 17.1 Å². The summed E-state index contributed by atoms with van der Waals surface area (Å²) in [4.78, 5) is 26.5. The van der Waals surface area contributed by atoms with Gasteiger partial charge in [-0.25, -0.2) is 19.3 Å². The highest BCUT2D eigenvalue weighted by atomic mass is 19.1. The Morgan fingerprint density at radius 1 is 1.12 bits per heavy atom. The summed E-state index contributed by atoms with van der Waals surface area (Å²) < 4.78 is 20.9. The van der Waals surface area contributed by atoms with Gasteiger partial charge in [0.05, 0.1) is 22.6 Å². The van der Waals surface area contributed by atoms with Crippen LogP contribution in [0.25, 0.3) is 28.0 Å². The molecule has 0 aliphatic carbocycles. The molecule has 5 aromatic rings. The number of para-hydroxylation sites is 1. The van der Waals surface area contributed by atoms with Gasteiger partial charge in [-0.1, -0.05) is 18.2 Å². The second kappa shape index (κ2) is 8.35. The Morgan fingerprint density at radius 2 is 1.91 bits per heavy atom. The van der Waals surface area contributed by atoms with Crippen LogP contribution >= 0.6 is 0 Å². The Labute approximate surface area is 192 Å². The van der Waals surface area contributed by atoms with Crippen LogP contribution in [0.5, 0.6) is 0 Å². The van der Waals surface area contributed by atoms with E-state index < -0.39 is 17.4 Å². The van der Waals surface area contributed by atoms with Gasteiger partial charge in [-0.15, -0.1) is 10.2 Å². The van der Waals surface area contributed by atoms with E-state index in [0.29, 0.717) is 34.3 Å². The summed E-state index contributed by atoms with van der Waals surface area (Å²) in [5.41, 5.74) is 6.99. The van der Waals surface area contributed by atoms with Gasteiger partial charge in [0.1, 0.15) is 35.2 Å². The van der Waals surface area contributed by atoms with Gasteiger partial charge in [0, 0.05) is 6.92 Å². The van der Waals surface area contributed by atoms with Crippen LogP contribution in [0, 0.1) is 12.7 Å². The molecule has 170 valence electrons. The minimum absolute atomic E-state index is 0.149. The maximum atomic E-state index is 13.9. The number of benzene rings is 2. The molecule has 0 saturated heterocycles. The minimum Gasteiger partial charge on any atom is -0.421 e. The highest BCUT2D eigenvalue weighted by Crippen LogP contribution is 2.32. The van der Waals surface area contributed by atoms with Crippen LogP contribution in [0.2, 0.25) is 0 Å². The van der Waals surface area contributed by atoms with Gasteiger partial charge in [0.25, 0.3) is 11.4 Å². The van der Waals surface area contributed by atoms with Crippen LogP contribution in [0.1, 0.15) is 24.7 Å². The molecule has 3 aromatic heterocycles. The Morgan fingerprint density at radius 3 is 2.65 bits per heavy atom. The number of halogens is 1. The number of hydrogen-bond acceptors (Lipinski definition) is 9. The predicted molar refractivity (Wildman–Crippen MR) is 124 cm³/mol. The van der Waals surface area contributed by atoms with Gasteiger partial charge in [-0.05, 0) is 37.3 Å². The minimum atomic E-state index is -0.542. The molecule has 0 aliphatic heterocycles. The molecule has 0 fully saturated rings. The summed E-state index contributed by atoms with van der Waals surface area (Å²) in [6.07, 6.45) is 1.30. The van der Waals surface area contributed by atoms with Crippen LogP contribution in [0.3, 0.4) is 0 Å². The number of nitrogens with two attached hydrogens (primary N) is 1. The number of nitrogens with one attached hydrogen (secondary N) is 1. The first-order chi connectivity index (χ1) is 16.4. The fourth-order valence-electron chi connectivity index (χ4n) is 3.68. The number of fused-ring (bicyclic) bond motifs is 1. The summed E-state index contributed by atoms with van der Waals surface area (Å²) in [5.74, 6) is 0.875. The van der Waals surface area contributed by atoms with Crippen molar-refractivity contribution in [2.45, 2.75) is 19.9 Å². The fourth-order valence-corrected chi connectivity index (χ4v) is 3.68. The predicted octanol–water partition coefficient (Wildman–Crippen LogP) is 3.43. The molecule has 3 N–H and O–H groups in total. The van der Waals surface area contributed by atoms with Crippen molar-refractivity contribution in [2.24, 2.45) is 0 Å². The molecular weight excluding hydrogens is 439 g/mol. The van der Waals surface area contributed by atoms with Crippen molar-refractivity contribution in [1.29, 1.82) is 0 Å². The van der Waals surface area contributed by atoms with Crippen molar-refractivity contribution < 1.29 is 8.81 Å². The van der Waals surface area contributed by atoms with E-state index in [2.05, 4.69) is 30.5 Å². The van der Waals surface area contributed by atoms with Gasteiger partial charge in [-0.2, -0.15) is 0 Å². The van der Waals surface area contributed by atoms with Crippen molar-refractivity contribution in [3.63, 3.8) is 0 Å². The topological polar surface area (TPSA) is 138 Å². The first kappa shape index (κ1) is 21.2. The van der Waals surface area contributed by atoms with Gasteiger partial charge in [0.15, 0.2) is 0 Å². The molecule has 0 saturated carbocycles. The molecule has 10 nitrogen and oxygen atoms in total. The number of hydrogen-bond donors (Lipinski definition) is 2. The number of nitrogens with zero attached hydrogens (tertiary/aromatic N) is 6. The molecule has 0 unspecified atom stereocenters. The third kappa shape index (κ3) is 3.72. The van der Waals surface area contributed by atoms with E-state index in [-0.39, 0.29) is 17.1 Å². The number of anilines is 2. The lowest BCUT2D eigenvalue weighted by atomic mass is 10.2. The summed E-state index contributed by atoms with van der Waals surface area (Å²) in [6, 6.07) is 12.4. The van der Waals surface area contributed by atoms with Crippen LogP contribution in [0.4, 0.5) is 16.0 Å². The van der Waals surface area contributed by atoms with E-state index in [1.54, 1.807) is 31.2 Å². The second-order valence-electron chi connectivity index (χ2n) is 7.58. The Kier molecular flexibility index (Phi) is 5.21. The maximum Gasteiger partial charge on any atom is 0.266 e. The third-order valence-corrected chi connectivity index (χ3v) is 5.23. The van der Waals surface area contributed by atoms with E-state index in [9.17, 15) is 9.18 Å². The molecule has 2 aromatic carbocycles. The first-order valence-electron chi connectivity index (χ1n) is 10.4. The highest BCUT2D eigenvalue weighted by molar-refractivity contribution is 5.79. The average Bonchev–Trinajstić information content (AvgIpc) is 3.25.